The largest absolute Gasteiger partial charge is 0.472 e. The number of esters is 2. The highest BCUT2D eigenvalue weighted by Crippen LogP contribution is 2.43. The molecule has 0 spiro atoms. The van der Waals surface area contributed by atoms with E-state index >= 15 is 0 Å². The van der Waals surface area contributed by atoms with Gasteiger partial charge in [0.1, 0.15) is 12.7 Å². The van der Waals surface area contributed by atoms with E-state index in [0.717, 1.165) is 70.6 Å². The van der Waals surface area contributed by atoms with Crippen LogP contribution in [0.15, 0.2) is 36.5 Å². The Hall–Kier alpha value is -1.81. The minimum Gasteiger partial charge on any atom is -0.462 e. The number of carbonyl (C=O) groups is 2. The predicted molar refractivity (Wildman–Crippen MR) is 210 cm³/mol. The molecule has 0 heterocycles. The first-order valence-corrected chi connectivity index (χ1v) is 21.9. The van der Waals surface area contributed by atoms with Crippen LogP contribution >= 0.6 is 7.82 Å². The average Bonchev–Trinajstić information content (AvgIpc) is 3.13. The molecule has 0 rings (SSSR count). The molecule has 0 bridgehead atoms. The highest BCUT2D eigenvalue weighted by atomic mass is 31.2. The van der Waals surface area contributed by atoms with Gasteiger partial charge >= 0.3 is 19.8 Å². The summed E-state index contributed by atoms with van der Waals surface area (Å²) in [7, 11) is -4.62. The summed E-state index contributed by atoms with van der Waals surface area (Å²) in [6.45, 7) is 2.25. The zero-order valence-electron chi connectivity index (χ0n) is 32.8. The lowest BCUT2D eigenvalue weighted by molar-refractivity contribution is -0.161. The minimum atomic E-state index is -4.62. The van der Waals surface area contributed by atoms with Crippen LogP contribution in [0.25, 0.3) is 0 Å². The molecular weight excluding hydrogens is 683 g/mol. The second kappa shape index (κ2) is 37.5. The maximum atomic E-state index is 12.6. The molecule has 3 N–H and O–H groups in total. The Kier molecular flexibility index (Phi) is 36.2. The Labute approximate surface area is 316 Å². The van der Waals surface area contributed by atoms with E-state index in [1.54, 1.807) is 0 Å². The third-order valence-corrected chi connectivity index (χ3v) is 9.51. The maximum absolute atomic E-state index is 12.6. The van der Waals surface area contributed by atoms with Crippen LogP contribution in [0.5, 0.6) is 0 Å². The van der Waals surface area contributed by atoms with Crippen molar-refractivity contribution in [2.75, 3.05) is 26.4 Å². The van der Waals surface area contributed by atoms with Gasteiger partial charge in [0.2, 0.25) is 0 Å². The lowest BCUT2D eigenvalue weighted by Gasteiger charge is -2.20. The molecule has 0 aliphatic carbocycles. The molecule has 11 heteroatoms. The molecule has 0 aliphatic rings. The second-order valence-corrected chi connectivity index (χ2v) is 15.1. The second-order valence-electron chi connectivity index (χ2n) is 13.6. The SMILES string of the molecule is CC/C=C/C/C=C/C/C=C/CCCCCCCC(=O)OC[C@H](COP(=O)(O)OC[C@@H](O)CO)OC(=O)CCCCCCCCCCCCCCCC. The van der Waals surface area contributed by atoms with Crippen LogP contribution < -0.4 is 0 Å². The zero-order chi connectivity index (χ0) is 38.4. The van der Waals surface area contributed by atoms with Crippen molar-refractivity contribution in [2.24, 2.45) is 0 Å². The normalized spacial score (nSPS) is 14.3. The molecule has 0 fully saturated rings. The summed E-state index contributed by atoms with van der Waals surface area (Å²) in [5.74, 6) is -0.942. The number of allylic oxidation sites excluding steroid dienone is 6. The van der Waals surface area contributed by atoms with Gasteiger partial charge in [-0.3, -0.25) is 18.6 Å². The fraction of sp³-hybridized carbons (Fsp3) is 0.805. The summed E-state index contributed by atoms with van der Waals surface area (Å²) in [5, 5.41) is 18.3. The summed E-state index contributed by atoms with van der Waals surface area (Å²) in [6.07, 6.45) is 36.8. The number of unbranched alkanes of at least 4 members (excludes halogenated alkanes) is 18. The van der Waals surface area contributed by atoms with E-state index in [1.165, 1.54) is 64.2 Å². The fourth-order valence-corrected chi connectivity index (χ4v) is 6.21. The summed E-state index contributed by atoms with van der Waals surface area (Å²) in [4.78, 5) is 34.9. The van der Waals surface area contributed by atoms with Crippen LogP contribution in [0.4, 0.5) is 0 Å². The van der Waals surface area contributed by atoms with E-state index in [0.29, 0.717) is 12.8 Å². The van der Waals surface area contributed by atoms with E-state index in [4.69, 9.17) is 19.1 Å². The van der Waals surface area contributed by atoms with Gasteiger partial charge in [-0.2, -0.15) is 0 Å². The maximum Gasteiger partial charge on any atom is 0.472 e. The summed E-state index contributed by atoms with van der Waals surface area (Å²) in [6, 6.07) is 0. The highest BCUT2D eigenvalue weighted by molar-refractivity contribution is 7.47. The Morgan fingerprint density at radius 2 is 1.06 bits per heavy atom. The molecule has 0 aromatic carbocycles. The predicted octanol–water partition coefficient (Wildman–Crippen LogP) is 10.4. The molecule has 1 unspecified atom stereocenters. The molecular formula is C41H75O10P. The smallest absolute Gasteiger partial charge is 0.462 e. The monoisotopic (exact) mass is 759 g/mol. The molecule has 0 aromatic rings. The lowest BCUT2D eigenvalue weighted by Crippen LogP contribution is -2.29. The molecule has 304 valence electrons. The first-order valence-electron chi connectivity index (χ1n) is 20.4. The van der Waals surface area contributed by atoms with Crippen LogP contribution in [-0.2, 0) is 32.7 Å². The van der Waals surface area contributed by atoms with Crippen molar-refractivity contribution in [1.29, 1.82) is 0 Å². The van der Waals surface area contributed by atoms with Crippen molar-refractivity contribution in [2.45, 2.75) is 187 Å². The summed E-state index contributed by atoms with van der Waals surface area (Å²) in [5.41, 5.74) is 0. The molecule has 0 saturated heterocycles. The zero-order valence-corrected chi connectivity index (χ0v) is 33.7. The van der Waals surface area contributed by atoms with Crippen molar-refractivity contribution in [3.63, 3.8) is 0 Å². The number of phosphoric ester groups is 1. The van der Waals surface area contributed by atoms with E-state index in [2.05, 4.69) is 54.8 Å². The van der Waals surface area contributed by atoms with Gasteiger partial charge in [0.05, 0.1) is 19.8 Å². The van der Waals surface area contributed by atoms with Gasteiger partial charge in [0, 0.05) is 12.8 Å². The lowest BCUT2D eigenvalue weighted by atomic mass is 10.0. The van der Waals surface area contributed by atoms with Crippen LogP contribution in [0.2, 0.25) is 0 Å². The Morgan fingerprint density at radius 1 is 0.596 bits per heavy atom. The van der Waals surface area contributed by atoms with Gasteiger partial charge in [-0.15, -0.1) is 0 Å². The van der Waals surface area contributed by atoms with Gasteiger partial charge in [-0.25, -0.2) is 4.57 Å². The number of ether oxygens (including phenoxy) is 2. The van der Waals surface area contributed by atoms with Crippen LogP contribution in [-0.4, -0.2) is 65.7 Å². The molecule has 0 amide bonds. The topological polar surface area (TPSA) is 149 Å². The van der Waals surface area contributed by atoms with Gasteiger partial charge < -0.3 is 24.6 Å². The van der Waals surface area contributed by atoms with Crippen molar-refractivity contribution in [1.82, 2.24) is 0 Å². The molecule has 0 saturated carbocycles. The third-order valence-electron chi connectivity index (χ3n) is 8.56. The fourth-order valence-electron chi connectivity index (χ4n) is 5.42. The van der Waals surface area contributed by atoms with Crippen LogP contribution in [0, 0.1) is 0 Å². The molecule has 0 aromatic heterocycles. The van der Waals surface area contributed by atoms with Crippen molar-refractivity contribution in [3.8, 4) is 0 Å². The van der Waals surface area contributed by atoms with Gasteiger partial charge in [-0.05, 0) is 44.9 Å². The van der Waals surface area contributed by atoms with E-state index in [1.807, 2.05) is 0 Å². The number of hydrogen-bond acceptors (Lipinski definition) is 9. The number of phosphoric acid groups is 1. The van der Waals surface area contributed by atoms with Crippen molar-refractivity contribution in [3.05, 3.63) is 36.5 Å². The number of carbonyl (C=O) groups excluding carboxylic acids is 2. The molecule has 10 nitrogen and oxygen atoms in total. The van der Waals surface area contributed by atoms with E-state index < -0.39 is 51.8 Å². The minimum absolute atomic E-state index is 0.183. The van der Waals surface area contributed by atoms with E-state index in [-0.39, 0.29) is 19.4 Å². The Balaban J connectivity index is 4.34. The molecule has 0 radical (unpaired) electrons. The van der Waals surface area contributed by atoms with Crippen molar-refractivity contribution >= 4 is 19.8 Å². The van der Waals surface area contributed by atoms with Gasteiger partial charge in [0.15, 0.2) is 6.10 Å². The first-order chi connectivity index (χ1) is 25.2. The van der Waals surface area contributed by atoms with Crippen LogP contribution in [0.1, 0.15) is 174 Å². The Bertz CT molecular complexity index is 967. The van der Waals surface area contributed by atoms with Crippen LogP contribution in [0.3, 0.4) is 0 Å². The van der Waals surface area contributed by atoms with Gasteiger partial charge in [-0.1, -0.05) is 153 Å². The van der Waals surface area contributed by atoms with Gasteiger partial charge in [0.25, 0.3) is 0 Å². The summed E-state index contributed by atoms with van der Waals surface area (Å²) >= 11 is 0. The quantitative estimate of drug-likeness (QED) is 0.0240. The number of aliphatic hydroxyl groups excluding tert-OH is 2. The molecule has 3 atom stereocenters. The standard InChI is InChI=1S/C41H75O10P/c1-3-5-7-9-11-13-15-17-19-21-22-24-26-28-30-32-40(44)48-36-39(37-50-52(46,47)49-35-38(43)34-42)51-41(45)33-31-29-27-25-23-20-18-16-14-12-10-8-6-4-2/h5,7,11,13,17,19,38-39,42-43H,3-4,6,8-10,12,14-16,18,20-37H2,1-2H3,(H,46,47)/b7-5+,13-11+,19-17+/t38-,39+/m0/s1. The average molecular weight is 759 g/mol. The number of rotatable bonds is 38. The number of hydrogen-bond donors (Lipinski definition) is 3. The molecule has 52 heavy (non-hydrogen) atoms. The first kappa shape index (κ1) is 50.2. The third kappa shape index (κ3) is 36.5. The Morgan fingerprint density at radius 3 is 1.60 bits per heavy atom. The van der Waals surface area contributed by atoms with Crippen molar-refractivity contribution < 1.29 is 47.8 Å². The van der Waals surface area contributed by atoms with E-state index in [9.17, 15) is 24.2 Å². The highest BCUT2D eigenvalue weighted by Gasteiger charge is 2.27. The molecule has 0 aliphatic heterocycles. The number of aliphatic hydroxyl groups is 2. The summed E-state index contributed by atoms with van der Waals surface area (Å²) < 4.78 is 32.6.